The monoisotopic (exact) mass is 202 g/mol. The van der Waals surface area contributed by atoms with Crippen LogP contribution in [0.3, 0.4) is 0 Å². The zero-order chi connectivity index (χ0) is 11.0. The molecule has 0 atom stereocenters. The van der Waals surface area contributed by atoms with Gasteiger partial charge in [-0.15, -0.1) is 0 Å². The molecule has 0 saturated heterocycles. The molecule has 1 aromatic rings. The Kier molecular flexibility index (Phi) is 6.72. The molecule has 3 heteroatoms. The van der Waals surface area contributed by atoms with Crippen molar-refractivity contribution in [2.24, 2.45) is 0 Å². The van der Waals surface area contributed by atoms with Crippen molar-refractivity contribution < 1.29 is 13.5 Å². The summed E-state index contributed by atoms with van der Waals surface area (Å²) in [5, 5.41) is 0. The van der Waals surface area contributed by atoms with E-state index in [0.717, 1.165) is 24.6 Å². The minimum absolute atomic E-state index is 0.0168. The van der Waals surface area contributed by atoms with Crippen LogP contribution in [0.1, 0.15) is 27.2 Å². The van der Waals surface area contributed by atoms with Crippen LogP contribution in [0.2, 0.25) is 0 Å². The van der Waals surface area contributed by atoms with Gasteiger partial charge in [0, 0.05) is 6.07 Å². The van der Waals surface area contributed by atoms with Crippen molar-refractivity contribution in [2.45, 2.75) is 27.2 Å². The Hall–Kier alpha value is -1.12. The van der Waals surface area contributed by atoms with Gasteiger partial charge in [-0.05, 0) is 18.6 Å². The lowest BCUT2D eigenvalue weighted by Crippen LogP contribution is -1.97. The van der Waals surface area contributed by atoms with Gasteiger partial charge in [-0.1, -0.05) is 20.8 Å². The highest BCUT2D eigenvalue weighted by atomic mass is 19.1. The lowest BCUT2D eigenvalue weighted by atomic mass is 10.3. The molecule has 1 rings (SSSR count). The third kappa shape index (κ3) is 4.21. The van der Waals surface area contributed by atoms with E-state index in [4.69, 9.17) is 4.74 Å². The normalized spacial score (nSPS) is 8.93. The molecule has 0 heterocycles. The highest BCUT2D eigenvalue weighted by Crippen LogP contribution is 2.17. The van der Waals surface area contributed by atoms with Crippen LogP contribution in [0, 0.1) is 11.6 Å². The summed E-state index contributed by atoms with van der Waals surface area (Å²) in [4.78, 5) is 0. The van der Waals surface area contributed by atoms with Crippen molar-refractivity contribution in [3.05, 3.63) is 29.8 Å². The van der Waals surface area contributed by atoms with E-state index >= 15 is 0 Å². The molecular weight excluding hydrogens is 186 g/mol. The van der Waals surface area contributed by atoms with Crippen LogP contribution < -0.4 is 4.74 Å². The van der Waals surface area contributed by atoms with Crippen LogP contribution in [0.4, 0.5) is 8.78 Å². The van der Waals surface area contributed by atoms with E-state index in [1.54, 1.807) is 0 Å². The van der Waals surface area contributed by atoms with Gasteiger partial charge in [0.05, 0.1) is 6.61 Å². The molecule has 0 aliphatic rings. The number of halogens is 2. The Bertz CT molecular complexity index is 261. The fourth-order valence-electron chi connectivity index (χ4n) is 0.800. The van der Waals surface area contributed by atoms with Crippen LogP contribution in [0.25, 0.3) is 0 Å². The summed E-state index contributed by atoms with van der Waals surface area (Å²) in [6.07, 6.45) is 0.774. The summed E-state index contributed by atoms with van der Waals surface area (Å²) in [5.41, 5.74) is 0. The van der Waals surface area contributed by atoms with Crippen LogP contribution in [0.15, 0.2) is 18.2 Å². The van der Waals surface area contributed by atoms with Gasteiger partial charge in [-0.25, -0.2) is 8.78 Å². The Morgan fingerprint density at radius 2 is 1.86 bits per heavy atom. The quantitative estimate of drug-likeness (QED) is 0.724. The third-order valence-electron chi connectivity index (χ3n) is 1.35. The number of rotatable bonds is 3. The molecule has 0 aromatic heterocycles. The Morgan fingerprint density at radius 3 is 2.43 bits per heavy atom. The zero-order valence-corrected chi connectivity index (χ0v) is 8.81. The molecule has 0 radical (unpaired) electrons. The molecular formula is C11H16F2O. The number of hydrogen-bond donors (Lipinski definition) is 0. The lowest BCUT2D eigenvalue weighted by molar-refractivity contribution is 0.299. The standard InChI is InChI=1S/C9H10F2O.C2H6/c1-2-5-12-9-6-7(10)3-4-8(9)11;1-2/h3-4,6H,2,5H2,1H3;1-2H3. The van der Waals surface area contributed by atoms with Gasteiger partial charge in [0.2, 0.25) is 0 Å². The molecule has 0 spiro atoms. The smallest absolute Gasteiger partial charge is 0.165 e. The molecule has 0 N–H and O–H groups in total. The fraction of sp³-hybridized carbons (Fsp3) is 0.455. The molecule has 0 unspecified atom stereocenters. The average Bonchev–Trinajstić information content (AvgIpc) is 2.22. The van der Waals surface area contributed by atoms with E-state index in [0.29, 0.717) is 6.61 Å². The first kappa shape index (κ1) is 12.9. The SMILES string of the molecule is CC.CCCOc1cc(F)ccc1F. The van der Waals surface area contributed by atoms with E-state index in [2.05, 4.69) is 0 Å². The topological polar surface area (TPSA) is 9.23 Å². The van der Waals surface area contributed by atoms with Gasteiger partial charge < -0.3 is 4.74 Å². The highest BCUT2D eigenvalue weighted by molar-refractivity contribution is 5.24. The van der Waals surface area contributed by atoms with Crippen molar-refractivity contribution in [3.8, 4) is 5.75 Å². The maximum Gasteiger partial charge on any atom is 0.165 e. The zero-order valence-electron chi connectivity index (χ0n) is 8.81. The Morgan fingerprint density at radius 1 is 1.21 bits per heavy atom. The molecule has 80 valence electrons. The maximum atomic E-state index is 12.8. The largest absolute Gasteiger partial charge is 0.490 e. The van der Waals surface area contributed by atoms with E-state index in [-0.39, 0.29) is 5.75 Å². The van der Waals surface area contributed by atoms with E-state index in [1.807, 2.05) is 20.8 Å². The van der Waals surface area contributed by atoms with Crippen LogP contribution in [0.5, 0.6) is 5.75 Å². The summed E-state index contributed by atoms with van der Waals surface area (Å²) in [6.45, 7) is 6.30. The van der Waals surface area contributed by atoms with E-state index < -0.39 is 11.6 Å². The van der Waals surface area contributed by atoms with Crippen molar-refractivity contribution in [3.63, 3.8) is 0 Å². The van der Waals surface area contributed by atoms with Crippen molar-refractivity contribution in [1.29, 1.82) is 0 Å². The number of ether oxygens (including phenoxy) is 1. The molecule has 0 bridgehead atoms. The third-order valence-corrected chi connectivity index (χ3v) is 1.35. The second kappa shape index (κ2) is 7.30. The summed E-state index contributed by atoms with van der Waals surface area (Å²) < 4.78 is 30.3. The summed E-state index contributed by atoms with van der Waals surface area (Å²) in [6, 6.07) is 3.17. The summed E-state index contributed by atoms with van der Waals surface area (Å²) in [5.74, 6) is -1.02. The lowest BCUT2D eigenvalue weighted by Gasteiger charge is -2.04. The minimum atomic E-state index is -0.523. The molecule has 0 aliphatic heterocycles. The highest BCUT2D eigenvalue weighted by Gasteiger charge is 2.03. The van der Waals surface area contributed by atoms with Crippen LogP contribution in [-0.4, -0.2) is 6.61 Å². The Balaban J connectivity index is 0.000000791. The predicted octanol–water partition coefficient (Wildman–Crippen LogP) is 3.78. The van der Waals surface area contributed by atoms with Gasteiger partial charge in [0.1, 0.15) is 5.82 Å². The van der Waals surface area contributed by atoms with Crippen LogP contribution in [-0.2, 0) is 0 Å². The summed E-state index contributed by atoms with van der Waals surface area (Å²) in [7, 11) is 0. The van der Waals surface area contributed by atoms with Gasteiger partial charge in [-0.2, -0.15) is 0 Å². The van der Waals surface area contributed by atoms with Gasteiger partial charge >= 0.3 is 0 Å². The summed E-state index contributed by atoms with van der Waals surface area (Å²) >= 11 is 0. The second-order valence-electron chi connectivity index (χ2n) is 2.42. The number of hydrogen-bond acceptors (Lipinski definition) is 1. The Labute approximate surface area is 83.7 Å². The van der Waals surface area contributed by atoms with Crippen molar-refractivity contribution in [1.82, 2.24) is 0 Å². The first-order valence-electron chi connectivity index (χ1n) is 4.82. The van der Waals surface area contributed by atoms with Gasteiger partial charge in [-0.3, -0.25) is 0 Å². The number of benzene rings is 1. The van der Waals surface area contributed by atoms with E-state index in [9.17, 15) is 8.78 Å². The average molecular weight is 202 g/mol. The predicted molar refractivity (Wildman–Crippen MR) is 53.5 cm³/mol. The minimum Gasteiger partial charge on any atom is -0.490 e. The molecule has 0 amide bonds. The van der Waals surface area contributed by atoms with E-state index in [1.165, 1.54) is 0 Å². The molecule has 0 fully saturated rings. The van der Waals surface area contributed by atoms with Crippen molar-refractivity contribution in [2.75, 3.05) is 6.61 Å². The second-order valence-corrected chi connectivity index (χ2v) is 2.42. The van der Waals surface area contributed by atoms with Crippen LogP contribution >= 0.6 is 0 Å². The molecule has 0 saturated carbocycles. The fourth-order valence-corrected chi connectivity index (χ4v) is 0.800. The molecule has 0 aliphatic carbocycles. The van der Waals surface area contributed by atoms with Crippen molar-refractivity contribution >= 4 is 0 Å². The van der Waals surface area contributed by atoms with Gasteiger partial charge in [0.15, 0.2) is 11.6 Å². The van der Waals surface area contributed by atoms with Gasteiger partial charge in [0.25, 0.3) is 0 Å². The molecule has 14 heavy (non-hydrogen) atoms. The maximum absolute atomic E-state index is 12.8. The first-order valence-corrected chi connectivity index (χ1v) is 4.82. The molecule has 1 nitrogen and oxygen atoms in total. The molecule has 1 aromatic carbocycles. The first-order chi connectivity index (χ1) is 6.74.